The monoisotopic (exact) mass is 344 g/mol. The van der Waals surface area contributed by atoms with E-state index in [1.54, 1.807) is 17.7 Å². The maximum absolute atomic E-state index is 12.5. The van der Waals surface area contributed by atoms with Gasteiger partial charge in [-0.25, -0.2) is 0 Å². The van der Waals surface area contributed by atoms with E-state index in [2.05, 4.69) is 26.0 Å². The third-order valence-corrected chi connectivity index (χ3v) is 4.09. The second kappa shape index (κ2) is 6.83. The molecule has 0 radical (unpaired) electrons. The van der Waals surface area contributed by atoms with Crippen LogP contribution in [0.25, 0.3) is 5.69 Å². The summed E-state index contributed by atoms with van der Waals surface area (Å²) in [6, 6.07) is 7.31. The predicted molar refractivity (Wildman–Crippen MR) is 89.5 cm³/mol. The van der Waals surface area contributed by atoms with Crippen LogP contribution < -0.4 is 5.32 Å². The third-order valence-electron chi connectivity index (χ3n) is 3.47. The van der Waals surface area contributed by atoms with Crippen LogP contribution in [0.15, 0.2) is 33.9 Å². The molecule has 0 aliphatic rings. The number of carbonyl (C=O) groups is 1. The van der Waals surface area contributed by atoms with Crippen molar-refractivity contribution in [2.24, 2.45) is 0 Å². The number of nitrogens with one attached hydrogen (secondary N) is 1. The number of nitrogens with zero attached hydrogens (tertiary/aromatic N) is 5. The quantitative estimate of drug-likeness (QED) is 0.710. The zero-order chi connectivity index (χ0) is 17.1. The maximum atomic E-state index is 12.5. The molecule has 0 aliphatic carbocycles. The summed E-state index contributed by atoms with van der Waals surface area (Å²) >= 11 is 1.44. The lowest BCUT2D eigenvalue weighted by Crippen LogP contribution is -2.14. The first-order valence-corrected chi connectivity index (χ1v) is 8.55. The van der Waals surface area contributed by atoms with Crippen LogP contribution in [-0.4, -0.2) is 37.5 Å². The molecule has 0 atom stereocenters. The minimum Gasteiger partial charge on any atom is -0.361 e. The van der Waals surface area contributed by atoms with Gasteiger partial charge in [0.05, 0.1) is 11.4 Å². The number of hydrogen-bond acceptors (Lipinski definition) is 7. The highest BCUT2D eigenvalue weighted by atomic mass is 32.2. The molecular weight excluding hydrogens is 328 g/mol. The summed E-state index contributed by atoms with van der Waals surface area (Å²) in [6.07, 6.45) is 2.52. The summed E-state index contributed by atoms with van der Waals surface area (Å²) in [5.41, 5.74) is 2.53. The fourth-order valence-electron chi connectivity index (χ4n) is 2.33. The molecule has 2 aromatic heterocycles. The number of anilines is 1. The van der Waals surface area contributed by atoms with Crippen LogP contribution in [0.5, 0.6) is 0 Å². The highest BCUT2D eigenvalue weighted by Gasteiger charge is 2.19. The molecule has 0 fully saturated rings. The normalized spacial score (nSPS) is 10.8. The van der Waals surface area contributed by atoms with Gasteiger partial charge >= 0.3 is 0 Å². The molecule has 0 saturated carbocycles. The van der Waals surface area contributed by atoms with Gasteiger partial charge in [-0.2, -0.15) is 4.68 Å². The summed E-state index contributed by atoms with van der Waals surface area (Å²) in [5.74, 6) is 0.259. The number of amides is 1. The van der Waals surface area contributed by atoms with Crippen molar-refractivity contribution in [2.75, 3.05) is 11.6 Å². The fraction of sp³-hybridized carbons (Fsp3) is 0.267. The summed E-state index contributed by atoms with van der Waals surface area (Å²) in [7, 11) is 0. The molecule has 24 heavy (non-hydrogen) atoms. The van der Waals surface area contributed by atoms with Gasteiger partial charge in [-0.3, -0.25) is 4.79 Å². The van der Waals surface area contributed by atoms with E-state index in [9.17, 15) is 4.79 Å². The average molecular weight is 344 g/mol. The maximum Gasteiger partial charge on any atom is 0.261 e. The van der Waals surface area contributed by atoms with E-state index in [1.165, 1.54) is 11.8 Å². The number of carbonyl (C=O) groups excluding carboxylic acids is 1. The van der Waals surface area contributed by atoms with Crippen LogP contribution in [-0.2, 0) is 6.42 Å². The summed E-state index contributed by atoms with van der Waals surface area (Å²) < 4.78 is 6.73. The van der Waals surface area contributed by atoms with E-state index in [0.29, 0.717) is 34.3 Å². The molecule has 0 spiro atoms. The lowest BCUT2D eigenvalue weighted by molar-refractivity contribution is 0.102. The number of hydrogen-bond donors (Lipinski definition) is 1. The summed E-state index contributed by atoms with van der Waals surface area (Å²) in [6.45, 7) is 3.65. The first-order chi connectivity index (χ1) is 11.6. The number of tetrazole rings is 1. The molecule has 8 nitrogen and oxygen atoms in total. The molecule has 124 valence electrons. The van der Waals surface area contributed by atoms with Gasteiger partial charge in [0.25, 0.3) is 5.91 Å². The fourth-order valence-corrected chi connectivity index (χ4v) is 2.76. The van der Waals surface area contributed by atoms with Crippen LogP contribution in [0.4, 0.5) is 5.69 Å². The Labute approximate surface area is 142 Å². The predicted octanol–water partition coefficient (Wildman–Crippen LogP) is 2.50. The van der Waals surface area contributed by atoms with Crippen LogP contribution in [0.2, 0.25) is 0 Å². The smallest absolute Gasteiger partial charge is 0.261 e. The van der Waals surface area contributed by atoms with Gasteiger partial charge in [-0.15, -0.1) is 5.10 Å². The van der Waals surface area contributed by atoms with Gasteiger partial charge in [0.15, 0.2) is 0 Å². The lowest BCUT2D eigenvalue weighted by Gasteiger charge is -2.08. The average Bonchev–Trinajstić information content (AvgIpc) is 3.20. The number of aryl methyl sites for hydroxylation is 2. The van der Waals surface area contributed by atoms with Crippen LogP contribution in [0, 0.1) is 6.92 Å². The minimum absolute atomic E-state index is 0.246. The first-order valence-electron chi connectivity index (χ1n) is 7.33. The van der Waals surface area contributed by atoms with E-state index in [1.807, 2.05) is 31.4 Å². The largest absolute Gasteiger partial charge is 0.361 e. The highest BCUT2D eigenvalue weighted by Crippen LogP contribution is 2.20. The Kier molecular flexibility index (Phi) is 4.61. The molecule has 1 amide bonds. The Morgan fingerprint density at radius 3 is 3.00 bits per heavy atom. The molecule has 0 bridgehead atoms. The van der Waals surface area contributed by atoms with Crippen molar-refractivity contribution in [1.82, 2.24) is 25.4 Å². The van der Waals surface area contributed by atoms with Gasteiger partial charge in [0.2, 0.25) is 5.16 Å². The molecule has 2 heterocycles. The molecule has 0 unspecified atom stereocenters. The number of rotatable bonds is 5. The molecule has 3 aromatic rings. The van der Waals surface area contributed by atoms with Gasteiger partial charge in [-0.05, 0) is 48.2 Å². The van der Waals surface area contributed by atoms with E-state index >= 15 is 0 Å². The van der Waals surface area contributed by atoms with Crippen molar-refractivity contribution in [3.8, 4) is 5.69 Å². The van der Waals surface area contributed by atoms with Crippen molar-refractivity contribution >= 4 is 23.4 Å². The van der Waals surface area contributed by atoms with Crippen molar-refractivity contribution < 1.29 is 9.32 Å². The van der Waals surface area contributed by atoms with Crippen molar-refractivity contribution in [1.29, 1.82) is 0 Å². The minimum atomic E-state index is -0.246. The first kappa shape index (κ1) is 16.2. The highest BCUT2D eigenvalue weighted by molar-refractivity contribution is 7.98. The zero-order valence-corrected chi connectivity index (χ0v) is 14.3. The molecule has 9 heteroatoms. The van der Waals surface area contributed by atoms with Gasteiger partial charge < -0.3 is 9.84 Å². The Morgan fingerprint density at radius 1 is 1.42 bits per heavy atom. The molecule has 1 N–H and O–H groups in total. The number of aromatic nitrogens is 5. The Bertz CT molecular complexity index is 872. The van der Waals surface area contributed by atoms with Gasteiger partial charge in [0, 0.05) is 5.69 Å². The summed E-state index contributed by atoms with van der Waals surface area (Å²) in [5, 5.41) is 19.0. The Balaban J connectivity index is 1.87. The lowest BCUT2D eigenvalue weighted by atomic mass is 10.1. The summed E-state index contributed by atoms with van der Waals surface area (Å²) in [4.78, 5) is 12.5. The molecule has 1 aromatic carbocycles. The van der Waals surface area contributed by atoms with Crippen molar-refractivity contribution in [3.63, 3.8) is 0 Å². The van der Waals surface area contributed by atoms with Crippen molar-refractivity contribution in [3.05, 3.63) is 41.3 Å². The molecule has 0 saturated heterocycles. The number of thioether (sulfide) groups is 1. The second-order valence-electron chi connectivity index (χ2n) is 5.00. The SMILES string of the molecule is CCc1noc(C)c1C(=O)Nc1cccc(-n2nnnc2SC)c1. The molecular formula is C15H16N6O2S. The van der Waals surface area contributed by atoms with Gasteiger partial charge in [-0.1, -0.05) is 29.9 Å². The molecule has 3 rings (SSSR count). The van der Waals surface area contributed by atoms with Gasteiger partial charge in [0.1, 0.15) is 11.3 Å². The van der Waals surface area contributed by atoms with E-state index in [4.69, 9.17) is 4.52 Å². The topological polar surface area (TPSA) is 98.7 Å². The third kappa shape index (κ3) is 3.02. The Morgan fingerprint density at radius 2 is 2.25 bits per heavy atom. The second-order valence-corrected chi connectivity index (χ2v) is 5.77. The zero-order valence-electron chi connectivity index (χ0n) is 13.5. The molecule has 0 aliphatic heterocycles. The number of benzene rings is 1. The Hall–Kier alpha value is -2.68. The van der Waals surface area contributed by atoms with Crippen LogP contribution >= 0.6 is 11.8 Å². The van der Waals surface area contributed by atoms with E-state index < -0.39 is 0 Å². The van der Waals surface area contributed by atoms with E-state index in [-0.39, 0.29) is 5.91 Å². The van der Waals surface area contributed by atoms with Crippen LogP contribution in [0.3, 0.4) is 0 Å². The standard InChI is InChI=1S/C15H16N6O2S/c1-4-12-13(9(2)23-18-12)14(22)16-10-6-5-7-11(8-10)21-15(24-3)17-19-20-21/h5-8H,4H2,1-3H3,(H,16,22). The van der Waals surface area contributed by atoms with Crippen LogP contribution in [0.1, 0.15) is 28.7 Å². The van der Waals surface area contributed by atoms with E-state index in [0.717, 1.165) is 5.69 Å². The van der Waals surface area contributed by atoms with Crippen molar-refractivity contribution in [2.45, 2.75) is 25.4 Å².